The summed E-state index contributed by atoms with van der Waals surface area (Å²) in [5.41, 5.74) is 3.79. The van der Waals surface area contributed by atoms with Gasteiger partial charge in [0.25, 0.3) is 5.56 Å². The van der Waals surface area contributed by atoms with Crippen LogP contribution in [-0.2, 0) is 16.1 Å². The molecular weight excluding hydrogens is 444 g/mol. The summed E-state index contributed by atoms with van der Waals surface area (Å²) in [6.07, 6.45) is 2.50. The Hall–Kier alpha value is -3.46. The highest BCUT2D eigenvalue weighted by atomic mass is 16.5. The minimum atomic E-state index is -0.231. The molecule has 0 saturated carbocycles. The van der Waals surface area contributed by atoms with E-state index < -0.39 is 0 Å². The molecule has 3 rings (SSSR count). The molecule has 2 heterocycles. The molecule has 0 radical (unpaired) electrons. The average Bonchev–Trinajstić information content (AvgIpc) is 2.87. The highest BCUT2D eigenvalue weighted by molar-refractivity contribution is 5.77. The number of rotatable bonds is 14. The van der Waals surface area contributed by atoms with Crippen LogP contribution < -0.4 is 15.8 Å². The maximum Gasteiger partial charge on any atom is 0.295 e. The normalized spacial score (nSPS) is 11.0. The van der Waals surface area contributed by atoms with Crippen LogP contribution in [0.1, 0.15) is 26.7 Å². The van der Waals surface area contributed by atoms with Crippen molar-refractivity contribution in [2.45, 2.75) is 33.2 Å². The van der Waals surface area contributed by atoms with Crippen molar-refractivity contribution in [3.63, 3.8) is 0 Å². The number of hydrogen-bond donors (Lipinski definition) is 1. The van der Waals surface area contributed by atoms with Crippen molar-refractivity contribution in [1.82, 2.24) is 19.4 Å². The van der Waals surface area contributed by atoms with Gasteiger partial charge < -0.3 is 19.9 Å². The Labute approximate surface area is 206 Å². The van der Waals surface area contributed by atoms with Gasteiger partial charge in [0.2, 0.25) is 6.41 Å². The van der Waals surface area contributed by atoms with Crippen LogP contribution in [0.3, 0.4) is 0 Å². The Bertz CT molecular complexity index is 1160. The molecule has 0 aliphatic carbocycles. The van der Waals surface area contributed by atoms with Crippen LogP contribution in [-0.4, -0.2) is 72.8 Å². The van der Waals surface area contributed by atoms with E-state index in [9.17, 15) is 9.59 Å². The zero-order valence-electron chi connectivity index (χ0n) is 21.2. The average molecular weight is 481 g/mol. The monoisotopic (exact) mass is 480 g/mol. The number of carbonyl (C=O) groups is 1. The van der Waals surface area contributed by atoms with Crippen LogP contribution in [0.15, 0.2) is 41.2 Å². The molecule has 9 nitrogen and oxygen atoms in total. The number of pyridine rings is 1. The van der Waals surface area contributed by atoms with Gasteiger partial charge in [-0.3, -0.25) is 14.2 Å². The van der Waals surface area contributed by atoms with Gasteiger partial charge in [-0.15, -0.1) is 0 Å². The summed E-state index contributed by atoms with van der Waals surface area (Å²) < 4.78 is 7.15. The van der Waals surface area contributed by atoms with E-state index >= 15 is 0 Å². The van der Waals surface area contributed by atoms with Gasteiger partial charge in [0.15, 0.2) is 11.5 Å². The number of fused-ring (bicyclic) bond motifs is 1. The molecule has 1 amide bonds. The first kappa shape index (κ1) is 26.2. The van der Waals surface area contributed by atoms with E-state index in [-0.39, 0.29) is 11.4 Å². The second kappa shape index (κ2) is 12.9. The standard InChI is InChI=1S/C26H36N6O3/c1-5-15-31(19-33)16-7-14-27-24-26(34)32(17-18-35-6-2)25-23(28-24)13-12-22(29-25)20-8-10-21(11-9-20)30(3)4/h8-13,19H,5-7,14-18H2,1-4H3,(H,27,28). The van der Waals surface area contributed by atoms with E-state index in [2.05, 4.69) is 10.3 Å². The number of hydrogen-bond acceptors (Lipinski definition) is 7. The van der Waals surface area contributed by atoms with Crippen LogP contribution >= 0.6 is 0 Å². The number of amides is 1. The van der Waals surface area contributed by atoms with Crippen molar-refractivity contribution < 1.29 is 9.53 Å². The first-order valence-electron chi connectivity index (χ1n) is 12.2. The number of aromatic nitrogens is 3. The Morgan fingerprint density at radius 3 is 2.49 bits per heavy atom. The molecule has 0 atom stereocenters. The molecule has 188 valence electrons. The maximum absolute atomic E-state index is 13.3. The predicted octanol–water partition coefficient (Wildman–Crippen LogP) is 3.23. The van der Waals surface area contributed by atoms with Gasteiger partial charge in [-0.25, -0.2) is 9.97 Å². The Kier molecular flexibility index (Phi) is 9.60. The number of ether oxygens (including phenoxy) is 1. The molecule has 0 saturated heterocycles. The molecular formula is C26H36N6O3. The van der Waals surface area contributed by atoms with Crippen LogP contribution in [0, 0.1) is 0 Å². The molecule has 0 aliphatic rings. The first-order chi connectivity index (χ1) is 17.0. The first-order valence-corrected chi connectivity index (χ1v) is 12.2. The Balaban J connectivity index is 1.88. The van der Waals surface area contributed by atoms with Gasteiger partial charge in [0.05, 0.1) is 18.8 Å². The SMILES string of the molecule is CCCN(C=O)CCCNc1nc2ccc(-c3ccc(N(C)C)cc3)nc2n(CCOCC)c1=O. The van der Waals surface area contributed by atoms with Gasteiger partial charge in [-0.1, -0.05) is 19.1 Å². The molecule has 1 aromatic carbocycles. The van der Waals surface area contributed by atoms with E-state index in [0.29, 0.717) is 44.0 Å². The van der Waals surface area contributed by atoms with Crippen molar-refractivity contribution in [3.05, 3.63) is 46.8 Å². The maximum atomic E-state index is 13.3. The smallest absolute Gasteiger partial charge is 0.295 e. The summed E-state index contributed by atoms with van der Waals surface area (Å²) in [5.74, 6) is 0.284. The van der Waals surface area contributed by atoms with Crippen LogP contribution in [0.4, 0.5) is 11.5 Å². The molecule has 35 heavy (non-hydrogen) atoms. The molecule has 3 aromatic rings. The predicted molar refractivity (Wildman–Crippen MR) is 141 cm³/mol. The van der Waals surface area contributed by atoms with Crippen LogP contribution in [0.5, 0.6) is 0 Å². The summed E-state index contributed by atoms with van der Waals surface area (Å²) in [6.45, 7) is 7.23. The fraction of sp³-hybridized carbons (Fsp3) is 0.462. The molecule has 9 heteroatoms. The summed E-state index contributed by atoms with van der Waals surface area (Å²) in [5, 5.41) is 3.16. The van der Waals surface area contributed by atoms with Crippen LogP contribution in [0.25, 0.3) is 22.4 Å². The third-order valence-electron chi connectivity index (χ3n) is 5.71. The fourth-order valence-electron chi connectivity index (χ4n) is 3.83. The number of nitrogens with one attached hydrogen (secondary N) is 1. The lowest BCUT2D eigenvalue weighted by Crippen LogP contribution is -2.29. The molecule has 1 N–H and O–H groups in total. The summed E-state index contributed by atoms with van der Waals surface area (Å²) in [6, 6.07) is 12.0. The van der Waals surface area contributed by atoms with Crippen molar-refractivity contribution in [2.75, 3.05) is 57.2 Å². The summed E-state index contributed by atoms with van der Waals surface area (Å²) in [7, 11) is 4.00. The Morgan fingerprint density at radius 1 is 1.06 bits per heavy atom. The highest BCUT2D eigenvalue weighted by Gasteiger charge is 2.14. The van der Waals surface area contributed by atoms with Crippen molar-refractivity contribution in [1.29, 1.82) is 0 Å². The third kappa shape index (κ3) is 6.79. The minimum absolute atomic E-state index is 0.231. The topological polar surface area (TPSA) is 92.6 Å². The lowest BCUT2D eigenvalue weighted by atomic mass is 10.1. The lowest BCUT2D eigenvalue weighted by Gasteiger charge is -2.17. The molecule has 0 spiro atoms. The van der Waals surface area contributed by atoms with E-state index in [0.717, 1.165) is 42.7 Å². The minimum Gasteiger partial charge on any atom is -0.380 e. The van der Waals surface area contributed by atoms with Crippen molar-refractivity contribution >= 4 is 29.1 Å². The summed E-state index contributed by atoms with van der Waals surface area (Å²) in [4.78, 5) is 37.6. The molecule has 0 bridgehead atoms. The van der Waals surface area contributed by atoms with Gasteiger partial charge >= 0.3 is 0 Å². The molecule has 0 fully saturated rings. The molecule has 2 aromatic heterocycles. The molecule has 0 unspecified atom stereocenters. The highest BCUT2D eigenvalue weighted by Crippen LogP contribution is 2.23. The van der Waals surface area contributed by atoms with Crippen molar-refractivity contribution in [2.24, 2.45) is 0 Å². The van der Waals surface area contributed by atoms with E-state index in [1.54, 1.807) is 9.47 Å². The number of carbonyl (C=O) groups excluding carboxylic acids is 1. The van der Waals surface area contributed by atoms with Crippen LogP contribution in [0.2, 0.25) is 0 Å². The second-order valence-electron chi connectivity index (χ2n) is 8.52. The van der Waals surface area contributed by atoms with E-state index in [4.69, 9.17) is 9.72 Å². The largest absolute Gasteiger partial charge is 0.380 e. The van der Waals surface area contributed by atoms with Crippen molar-refractivity contribution in [3.8, 4) is 11.3 Å². The van der Waals surface area contributed by atoms with E-state index in [1.165, 1.54) is 0 Å². The van der Waals surface area contributed by atoms with Gasteiger partial charge in [-0.2, -0.15) is 0 Å². The summed E-state index contributed by atoms with van der Waals surface area (Å²) >= 11 is 0. The number of anilines is 2. The second-order valence-corrected chi connectivity index (χ2v) is 8.52. The zero-order chi connectivity index (χ0) is 25.2. The molecule has 0 aliphatic heterocycles. The number of nitrogens with zero attached hydrogens (tertiary/aromatic N) is 5. The quantitative estimate of drug-likeness (QED) is 0.280. The Morgan fingerprint density at radius 2 is 1.83 bits per heavy atom. The third-order valence-corrected chi connectivity index (χ3v) is 5.71. The number of benzene rings is 1. The van der Waals surface area contributed by atoms with Gasteiger partial charge in [0, 0.05) is 51.6 Å². The fourth-order valence-corrected chi connectivity index (χ4v) is 3.83. The van der Waals surface area contributed by atoms with Gasteiger partial charge in [-0.05, 0) is 44.0 Å². The van der Waals surface area contributed by atoms with E-state index in [1.807, 2.05) is 69.2 Å². The lowest BCUT2D eigenvalue weighted by molar-refractivity contribution is -0.118. The van der Waals surface area contributed by atoms with Gasteiger partial charge in [0.1, 0.15) is 5.52 Å². The zero-order valence-corrected chi connectivity index (χ0v) is 21.2.